The van der Waals surface area contributed by atoms with Gasteiger partial charge in [-0.15, -0.1) is 0 Å². The Bertz CT molecular complexity index is 571. The van der Waals surface area contributed by atoms with Gasteiger partial charge in [-0.3, -0.25) is 0 Å². The van der Waals surface area contributed by atoms with Crippen LogP contribution < -0.4 is 5.73 Å². The van der Waals surface area contributed by atoms with Gasteiger partial charge in [-0.2, -0.15) is 0 Å². The zero-order valence-electron chi connectivity index (χ0n) is 11.3. The normalized spacial score (nSPS) is 12.4. The summed E-state index contributed by atoms with van der Waals surface area (Å²) in [6, 6.07) is 13.8. The van der Waals surface area contributed by atoms with Gasteiger partial charge in [0, 0.05) is 16.6 Å². The Balaban J connectivity index is 2.18. The molecule has 0 heterocycles. The van der Waals surface area contributed by atoms with Crippen molar-refractivity contribution in [2.45, 2.75) is 12.5 Å². The van der Waals surface area contributed by atoms with E-state index in [4.69, 9.17) is 22.1 Å². The molecule has 0 bridgehead atoms. The Labute approximate surface area is 133 Å². The van der Waals surface area contributed by atoms with Gasteiger partial charge in [0.2, 0.25) is 0 Å². The molecule has 0 saturated carbocycles. The molecule has 0 aliphatic rings. The molecule has 0 amide bonds. The van der Waals surface area contributed by atoms with Gasteiger partial charge >= 0.3 is 0 Å². The fourth-order valence-corrected chi connectivity index (χ4v) is 2.84. The number of hydrogen-bond acceptors (Lipinski definition) is 2. The van der Waals surface area contributed by atoms with Crippen molar-refractivity contribution < 1.29 is 4.74 Å². The molecule has 4 heteroatoms. The van der Waals surface area contributed by atoms with E-state index in [0.29, 0.717) is 5.02 Å². The van der Waals surface area contributed by atoms with E-state index in [1.54, 1.807) is 7.11 Å². The van der Waals surface area contributed by atoms with Crippen molar-refractivity contribution in [3.63, 3.8) is 0 Å². The van der Waals surface area contributed by atoms with Gasteiger partial charge in [0.15, 0.2) is 0 Å². The first-order valence-corrected chi connectivity index (χ1v) is 7.57. The van der Waals surface area contributed by atoms with E-state index in [9.17, 15) is 0 Å². The third-order valence-electron chi connectivity index (χ3n) is 3.23. The average molecular weight is 355 g/mol. The van der Waals surface area contributed by atoms with E-state index < -0.39 is 0 Å². The Hall–Kier alpha value is -0.870. The summed E-state index contributed by atoms with van der Waals surface area (Å²) in [5.74, 6) is 0. The zero-order chi connectivity index (χ0) is 14.5. The van der Waals surface area contributed by atoms with Crippen LogP contribution in [0.5, 0.6) is 0 Å². The molecule has 1 atom stereocenters. The van der Waals surface area contributed by atoms with Crippen molar-refractivity contribution in [1.82, 2.24) is 0 Å². The maximum Gasteiger partial charge on any atom is 0.0566 e. The SMILES string of the molecule is COCCc1ccc(C(N)c2ccc(Br)cc2Cl)cc1. The maximum atomic E-state index is 6.29. The second-order valence-corrected chi connectivity index (χ2v) is 5.95. The largest absolute Gasteiger partial charge is 0.384 e. The van der Waals surface area contributed by atoms with Gasteiger partial charge in [-0.25, -0.2) is 0 Å². The zero-order valence-corrected chi connectivity index (χ0v) is 13.6. The first kappa shape index (κ1) is 15.5. The summed E-state index contributed by atoms with van der Waals surface area (Å²) in [7, 11) is 1.71. The van der Waals surface area contributed by atoms with Crippen LogP contribution in [-0.4, -0.2) is 13.7 Å². The first-order valence-electron chi connectivity index (χ1n) is 6.40. The predicted octanol–water partition coefficient (Wildman–Crippen LogP) is 4.34. The van der Waals surface area contributed by atoms with Crippen LogP contribution in [0.3, 0.4) is 0 Å². The summed E-state index contributed by atoms with van der Waals surface area (Å²) in [5, 5.41) is 0.676. The first-order chi connectivity index (χ1) is 9.61. The molecule has 0 fully saturated rings. The molecule has 2 aromatic rings. The summed E-state index contributed by atoms with van der Waals surface area (Å²) in [4.78, 5) is 0. The molecule has 106 valence electrons. The Morgan fingerprint density at radius 1 is 1.20 bits per heavy atom. The van der Waals surface area contributed by atoms with E-state index in [-0.39, 0.29) is 6.04 Å². The minimum absolute atomic E-state index is 0.216. The fourth-order valence-electron chi connectivity index (χ4n) is 2.04. The van der Waals surface area contributed by atoms with E-state index in [1.807, 2.05) is 30.3 Å². The molecule has 0 saturated heterocycles. The van der Waals surface area contributed by atoms with Gasteiger partial charge in [0.05, 0.1) is 12.6 Å². The molecule has 0 spiro atoms. The second kappa shape index (κ2) is 7.23. The van der Waals surface area contributed by atoms with Crippen LogP contribution in [-0.2, 0) is 11.2 Å². The highest BCUT2D eigenvalue weighted by atomic mass is 79.9. The molecule has 20 heavy (non-hydrogen) atoms. The number of rotatable bonds is 5. The van der Waals surface area contributed by atoms with Gasteiger partial charge < -0.3 is 10.5 Å². The molecule has 2 N–H and O–H groups in total. The van der Waals surface area contributed by atoms with Crippen molar-refractivity contribution in [3.8, 4) is 0 Å². The van der Waals surface area contributed by atoms with E-state index in [2.05, 4.69) is 28.1 Å². The fraction of sp³-hybridized carbons (Fsp3) is 0.250. The monoisotopic (exact) mass is 353 g/mol. The second-order valence-electron chi connectivity index (χ2n) is 4.63. The molecule has 0 aromatic heterocycles. The van der Waals surface area contributed by atoms with Crippen LogP contribution in [0.1, 0.15) is 22.7 Å². The summed E-state index contributed by atoms with van der Waals surface area (Å²) < 4.78 is 6.03. The summed E-state index contributed by atoms with van der Waals surface area (Å²) in [6.45, 7) is 0.726. The summed E-state index contributed by atoms with van der Waals surface area (Å²) >= 11 is 9.65. The van der Waals surface area contributed by atoms with Gasteiger partial charge in [0.25, 0.3) is 0 Å². The van der Waals surface area contributed by atoms with Gasteiger partial charge in [-0.05, 0) is 35.2 Å². The Morgan fingerprint density at radius 3 is 2.50 bits per heavy atom. The number of methoxy groups -OCH3 is 1. The van der Waals surface area contributed by atoms with Crippen LogP contribution >= 0.6 is 27.5 Å². The molecule has 1 unspecified atom stereocenters. The lowest BCUT2D eigenvalue weighted by Crippen LogP contribution is -2.12. The number of nitrogens with two attached hydrogens (primary N) is 1. The van der Waals surface area contributed by atoms with Crippen LogP contribution in [0.4, 0.5) is 0 Å². The van der Waals surface area contributed by atoms with Crippen LogP contribution in [0.25, 0.3) is 0 Å². The topological polar surface area (TPSA) is 35.2 Å². The third-order valence-corrected chi connectivity index (χ3v) is 4.05. The summed E-state index contributed by atoms with van der Waals surface area (Å²) in [6.07, 6.45) is 0.908. The average Bonchev–Trinajstić information content (AvgIpc) is 2.45. The molecule has 0 aliphatic heterocycles. The standard InChI is InChI=1S/C16H17BrClNO/c1-20-9-8-11-2-4-12(5-3-11)16(19)14-7-6-13(17)10-15(14)18/h2-7,10,16H,8-9,19H2,1H3. The number of hydrogen-bond donors (Lipinski definition) is 1. The number of benzene rings is 2. The molecule has 2 rings (SSSR count). The highest BCUT2D eigenvalue weighted by molar-refractivity contribution is 9.10. The van der Waals surface area contributed by atoms with Gasteiger partial charge in [0.1, 0.15) is 0 Å². The summed E-state index contributed by atoms with van der Waals surface area (Å²) in [5.41, 5.74) is 9.51. The van der Waals surface area contributed by atoms with E-state index >= 15 is 0 Å². The minimum atomic E-state index is -0.216. The van der Waals surface area contributed by atoms with E-state index in [0.717, 1.165) is 28.6 Å². The quantitative estimate of drug-likeness (QED) is 0.867. The number of halogens is 2. The molecular formula is C16H17BrClNO. The molecule has 2 aromatic carbocycles. The highest BCUT2D eigenvalue weighted by Crippen LogP contribution is 2.29. The van der Waals surface area contributed by atoms with Crippen molar-refractivity contribution in [2.24, 2.45) is 5.73 Å². The Kier molecular flexibility index (Phi) is 5.61. The molecule has 0 radical (unpaired) electrons. The predicted molar refractivity (Wildman–Crippen MR) is 87.2 cm³/mol. The van der Waals surface area contributed by atoms with Crippen LogP contribution in [0.15, 0.2) is 46.9 Å². The lowest BCUT2D eigenvalue weighted by Gasteiger charge is -2.15. The lowest BCUT2D eigenvalue weighted by atomic mass is 9.98. The van der Waals surface area contributed by atoms with Crippen molar-refractivity contribution in [1.29, 1.82) is 0 Å². The minimum Gasteiger partial charge on any atom is -0.384 e. The smallest absolute Gasteiger partial charge is 0.0566 e. The van der Waals surface area contributed by atoms with E-state index in [1.165, 1.54) is 5.56 Å². The molecule has 0 aliphatic carbocycles. The third kappa shape index (κ3) is 3.83. The highest BCUT2D eigenvalue weighted by Gasteiger charge is 2.12. The molecular weight excluding hydrogens is 338 g/mol. The maximum absolute atomic E-state index is 6.29. The van der Waals surface area contributed by atoms with Crippen LogP contribution in [0.2, 0.25) is 5.02 Å². The molecule has 2 nitrogen and oxygen atoms in total. The lowest BCUT2D eigenvalue weighted by molar-refractivity contribution is 0.202. The van der Waals surface area contributed by atoms with Crippen molar-refractivity contribution in [3.05, 3.63) is 68.7 Å². The Morgan fingerprint density at radius 2 is 1.90 bits per heavy atom. The van der Waals surface area contributed by atoms with Crippen molar-refractivity contribution in [2.75, 3.05) is 13.7 Å². The van der Waals surface area contributed by atoms with Gasteiger partial charge in [-0.1, -0.05) is 57.9 Å². The van der Waals surface area contributed by atoms with Crippen molar-refractivity contribution >= 4 is 27.5 Å². The van der Waals surface area contributed by atoms with Crippen LogP contribution in [0, 0.1) is 0 Å². The number of ether oxygens (including phenoxy) is 1.